The van der Waals surface area contributed by atoms with Crippen molar-refractivity contribution in [3.63, 3.8) is 0 Å². The molecule has 0 spiro atoms. The first-order valence-corrected chi connectivity index (χ1v) is 1.72. The zero-order valence-corrected chi connectivity index (χ0v) is 6.33. The quantitative estimate of drug-likeness (QED) is 0.430. The van der Waals surface area contributed by atoms with Gasteiger partial charge in [-0.1, -0.05) is 0 Å². The van der Waals surface area contributed by atoms with Crippen LogP contribution >= 0.6 is 0 Å². The van der Waals surface area contributed by atoms with Crippen LogP contribution in [0.5, 0.6) is 0 Å². The standard InChI is InChI=1S/C5H5.Ni.Ru/c1-2-4-5-3-1;;/h1-3H,4H2;;/q-1;;+1. The van der Waals surface area contributed by atoms with E-state index in [1.165, 1.54) is 0 Å². The van der Waals surface area contributed by atoms with E-state index in [4.69, 9.17) is 0 Å². The van der Waals surface area contributed by atoms with Gasteiger partial charge < -0.3 is 0 Å². The molecule has 1 rings (SSSR count). The van der Waals surface area contributed by atoms with Crippen molar-refractivity contribution in [2.45, 2.75) is 6.42 Å². The average Bonchev–Trinajstić information content (AvgIpc) is 1.76. The summed E-state index contributed by atoms with van der Waals surface area (Å²) in [5.41, 5.74) is 0. The van der Waals surface area contributed by atoms with Gasteiger partial charge in [0.2, 0.25) is 0 Å². The molecule has 0 bridgehead atoms. The van der Waals surface area contributed by atoms with Gasteiger partial charge in [0.1, 0.15) is 0 Å². The molecule has 0 amide bonds. The van der Waals surface area contributed by atoms with Crippen LogP contribution in [0.15, 0.2) is 18.2 Å². The summed E-state index contributed by atoms with van der Waals surface area (Å²) < 4.78 is 0. The summed E-state index contributed by atoms with van der Waals surface area (Å²) in [5.74, 6) is 0. The predicted octanol–water partition coefficient (Wildman–Crippen LogP) is 1.30. The molecule has 1 radical (unpaired) electrons. The molecular formula is C5H5NiRu. The molecule has 43 valence electrons. The van der Waals surface area contributed by atoms with Crippen LogP contribution in [0.3, 0.4) is 0 Å². The van der Waals surface area contributed by atoms with Crippen LogP contribution in [0, 0.1) is 6.08 Å². The van der Waals surface area contributed by atoms with Crippen molar-refractivity contribution >= 4 is 0 Å². The molecule has 7 heavy (non-hydrogen) atoms. The van der Waals surface area contributed by atoms with E-state index < -0.39 is 0 Å². The Morgan fingerprint density at radius 3 is 2.29 bits per heavy atom. The Bertz CT molecular complexity index is 66.1. The van der Waals surface area contributed by atoms with Crippen LogP contribution in [-0.2, 0) is 36.0 Å². The molecule has 0 fully saturated rings. The molecule has 0 N–H and O–H groups in total. The third kappa shape index (κ3) is 4.45. The minimum absolute atomic E-state index is 0. The van der Waals surface area contributed by atoms with Crippen LogP contribution in [0.1, 0.15) is 6.42 Å². The van der Waals surface area contributed by atoms with E-state index in [2.05, 4.69) is 12.2 Å². The van der Waals surface area contributed by atoms with Gasteiger partial charge >= 0.3 is 19.5 Å². The molecule has 0 atom stereocenters. The SMILES string of the molecule is [C-]1=CC=CC1.[Ni].[Ru+]. The zero-order chi connectivity index (χ0) is 3.54. The van der Waals surface area contributed by atoms with E-state index in [0.717, 1.165) is 6.42 Å². The van der Waals surface area contributed by atoms with E-state index in [9.17, 15) is 0 Å². The Kier molecular flexibility index (Phi) is 9.95. The normalized spacial score (nSPS) is 12.6. The molecule has 0 saturated heterocycles. The van der Waals surface area contributed by atoms with Crippen molar-refractivity contribution in [1.82, 2.24) is 0 Å². The molecule has 0 nitrogen and oxygen atoms in total. The summed E-state index contributed by atoms with van der Waals surface area (Å²) in [7, 11) is 0. The fourth-order valence-electron chi connectivity index (χ4n) is 0.340. The zero-order valence-electron chi connectivity index (χ0n) is 3.61. The van der Waals surface area contributed by atoms with Crippen molar-refractivity contribution in [3.05, 3.63) is 24.3 Å². The van der Waals surface area contributed by atoms with Gasteiger partial charge in [0.15, 0.2) is 0 Å². The van der Waals surface area contributed by atoms with Gasteiger partial charge in [-0.05, 0) is 0 Å². The third-order valence-electron chi connectivity index (χ3n) is 0.586. The number of allylic oxidation sites excluding steroid dienone is 4. The Hall–Kier alpha value is 0.597. The van der Waals surface area contributed by atoms with E-state index in [0.29, 0.717) is 0 Å². The van der Waals surface area contributed by atoms with Gasteiger partial charge in [0.25, 0.3) is 0 Å². The molecule has 0 unspecified atom stereocenters. The maximum Gasteiger partial charge on any atom is 1.00 e. The van der Waals surface area contributed by atoms with Crippen molar-refractivity contribution in [1.29, 1.82) is 0 Å². The van der Waals surface area contributed by atoms with Gasteiger partial charge in [-0.3, -0.25) is 6.08 Å². The summed E-state index contributed by atoms with van der Waals surface area (Å²) in [4.78, 5) is 0. The van der Waals surface area contributed by atoms with Crippen LogP contribution < -0.4 is 0 Å². The maximum atomic E-state index is 2.99. The van der Waals surface area contributed by atoms with Gasteiger partial charge in [-0.15, -0.1) is 6.42 Å². The third-order valence-corrected chi connectivity index (χ3v) is 0.586. The van der Waals surface area contributed by atoms with Crippen molar-refractivity contribution in [2.75, 3.05) is 0 Å². The Morgan fingerprint density at radius 1 is 1.43 bits per heavy atom. The molecule has 0 heterocycles. The summed E-state index contributed by atoms with van der Waals surface area (Å²) in [6.07, 6.45) is 10.0. The number of hydrogen-bond acceptors (Lipinski definition) is 0. The molecular weight excluding hydrogens is 220 g/mol. The van der Waals surface area contributed by atoms with Crippen molar-refractivity contribution in [3.8, 4) is 0 Å². The molecule has 0 aromatic carbocycles. The van der Waals surface area contributed by atoms with Crippen molar-refractivity contribution in [2.24, 2.45) is 0 Å². The topological polar surface area (TPSA) is 0 Å². The minimum Gasteiger partial charge on any atom is -0.273 e. The largest absolute Gasteiger partial charge is 1.00 e. The summed E-state index contributed by atoms with van der Waals surface area (Å²) in [5, 5.41) is 0. The molecule has 0 aromatic heterocycles. The Balaban J connectivity index is 0. The smallest absolute Gasteiger partial charge is 0.273 e. The number of hydrogen-bond donors (Lipinski definition) is 0. The molecule has 0 aliphatic heterocycles. The summed E-state index contributed by atoms with van der Waals surface area (Å²) in [6, 6.07) is 0. The molecule has 1 aliphatic carbocycles. The second-order valence-corrected chi connectivity index (χ2v) is 1.00. The van der Waals surface area contributed by atoms with Gasteiger partial charge in [0.05, 0.1) is 0 Å². The fourth-order valence-corrected chi connectivity index (χ4v) is 0.340. The summed E-state index contributed by atoms with van der Waals surface area (Å²) in [6.45, 7) is 0. The van der Waals surface area contributed by atoms with Crippen LogP contribution in [0.2, 0.25) is 0 Å². The van der Waals surface area contributed by atoms with Crippen LogP contribution in [0.4, 0.5) is 0 Å². The average molecular weight is 225 g/mol. The van der Waals surface area contributed by atoms with E-state index >= 15 is 0 Å². The van der Waals surface area contributed by atoms with Crippen molar-refractivity contribution < 1.29 is 36.0 Å². The van der Waals surface area contributed by atoms with Crippen LogP contribution in [-0.4, -0.2) is 0 Å². The second-order valence-electron chi connectivity index (χ2n) is 1.00. The predicted molar refractivity (Wildman–Crippen MR) is 21.6 cm³/mol. The Morgan fingerprint density at radius 2 is 2.14 bits per heavy atom. The summed E-state index contributed by atoms with van der Waals surface area (Å²) >= 11 is 0. The molecule has 0 aromatic rings. The van der Waals surface area contributed by atoms with Gasteiger partial charge in [0, 0.05) is 16.5 Å². The monoisotopic (exact) mass is 225 g/mol. The molecule has 0 saturated carbocycles. The molecule has 1 aliphatic rings. The maximum absolute atomic E-state index is 2.99. The fraction of sp³-hybridized carbons (Fsp3) is 0.200. The van der Waals surface area contributed by atoms with Crippen LogP contribution in [0.25, 0.3) is 0 Å². The van der Waals surface area contributed by atoms with E-state index in [-0.39, 0.29) is 36.0 Å². The first-order chi connectivity index (χ1) is 2.50. The molecule has 2 heteroatoms. The Labute approximate surface area is 66.7 Å². The van der Waals surface area contributed by atoms with Gasteiger partial charge in [-0.2, -0.15) is 6.08 Å². The van der Waals surface area contributed by atoms with E-state index in [1.807, 2.05) is 12.2 Å². The number of rotatable bonds is 0. The second kappa shape index (κ2) is 6.60. The van der Waals surface area contributed by atoms with E-state index in [1.54, 1.807) is 0 Å². The first-order valence-electron chi connectivity index (χ1n) is 1.72. The van der Waals surface area contributed by atoms with Gasteiger partial charge in [-0.25, -0.2) is 12.2 Å². The minimum atomic E-state index is 0. The first kappa shape index (κ1) is 10.6.